The molecule has 3 rings (SSSR count). The molecule has 0 saturated heterocycles. The molecule has 1 unspecified atom stereocenters. The van der Waals surface area contributed by atoms with Crippen LogP contribution in [0, 0.1) is 12.7 Å². The number of aryl methyl sites for hydroxylation is 1. The second kappa shape index (κ2) is 4.63. The lowest BCUT2D eigenvalue weighted by molar-refractivity contribution is 0.567. The number of hydrogen-bond acceptors (Lipinski definition) is 2. The summed E-state index contributed by atoms with van der Waals surface area (Å²) in [5.41, 5.74) is 9.52. The molecule has 20 heavy (non-hydrogen) atoms. The number of nitrogens with two attached hydrogens (primary N) is 1. The van der Waals surface area contributed by atoms with Gasteiger partial charge in [-0.15, -0.1) is 0 Å². The van der Waals surface area contributed by atoms with E-state index in [0.717, 1.165) is 16.6 Å². The van der Waals surface area contributed by atoms with Gasteiger partial charge in [-0.3, -0.25) is 0 Å². The minimum Gasteiger partial charge on any atom is -0.369 e. The minimum absolute atomic E-state index is 0.205. The summed E-state index contributed by atoms with van der Waals surface area (Å²) in [6, 6.07) is 12.5. The van der Waals surface area contributed by atoms with Crippen LogP contribution in [0.15, 0.2) is 42.5 Å². The maximum Gasteiger partial charge on any atom is 0.201 e. The Labute approximate surface area is 116 Å². The smallest absolute Gasteiger partial charge is 0.201 e. The van der Waals surface area contributed by atoms with E-state index in [1.54, 1.807) is 12.1 Å². The fraction of sp³-hybridized carbons (Fsp3) is 0.188. The highest BCUT2D eigenvalue weighted by Crippen LogP contribution is 2.28. The van der Waals surface area contributed by atoms with Gasteiger partial charge < -0.3 is 10.3 Å². The highest BCUT2D eigenvalue weighted by molar-refractivity contribution is 5.79. The van der Waals surface area contributed by atoms with E-state index in [4.69, 9.17) is 5.73 Å². The summed E-state index contributed by atoms with van der Waals surface area (Å²) in [5, 5.41) is 0. The number of fused-ring (bicyclic) bond motifs is 1. The van der Waals surface area contributed by atoms with Crippen LogP contribution in [0.1, 0.15) is 24.1 Å². The molecule has 0 fully saturated rings. The molecule has 3 nitrogen and oxygen atoms in total. The van der Waals surface area contributed by atoms with Gasteiger partial charge >= 0.3 is 0 Å². The van der Waals surface area contributed by atoms with Crippen LogP contribution >= 0.6 is 0 Å². The maximum absolute atomic E-state index is 14.0. The molecule has 0 aliphatic rings. The van der Waals surface area contributed by atoms with Gasteiger partial charge in [-0.25, -0.2) is 9.37 Å². The lowest BCUT2D eigenvalue weighted by Crippen LogP contribution is -2.11. The van der Waals surface area contributed by atoms with E-state index in [-0.39, 0.29) is 11.9 Å². The van der Waals surface area contributed by atoms with Gasteiger partial charge in [0.2, 0.25) is 5.95 Å². The van der Waals surface area contributed by atoms with Gasteiger partial charge in [0.1, 0.15) is 5.82 Å². The molecule has 2 N–H and O–H groups in total. The van der Waals surface area contributed by atoms with Crippen molar-refractivity contribution in [1.82, 2.24) is 9.55 Å². The Bertz CT molecular complexity index is 776. The normalized spacial score (nSPS) is 12.8. The van der Waals surface area contributed by atoms with Crippen LogP contribution in [-0.4, -0.2) is 9.55 Å². The average molecular weight is 269 g/mol. The van der Waals surface area contributed by atoms with Crippen molar-refractivity contribution in [2.45, 2.75) is 19.9 Å². The first-order valence-corrected chi connectivity index (χ1v) is 6.56. The summed E-state index contributed by atoms with van der Waals surface area (Å²) < 4.78 is 15.8. The van der Waals surface area contributed by atoms with E-state index in [1.165, 1.54) is 6.07 Å². The third-order valence-electron chi connectivity index (χ3n) is 3.61. The third kappa shape index (κ3) is 1.93. The molecule has 0 aliphatic heterocycles. The number of aromatic nitrogens is 2. The summed E-state index contributed by atoms with van der Waals surface area (Å²) in [5.74, 6) is 0.176. The van der Waals surface area contributed by atoms with Gasteiger partial charge in [0.15, 0.2) is 0 Å². The van der Waals surface area contributed by atoms with Crippen molar-refractivity contribution in [2.24, 2.45) is 0 Å². The molecule has 1 heterocycles. The van der Waals surface area contributed by atoms with E-state index in [2.05, 4.69) is 4.98 Å². The van der Waals surface area contributed by atoms with Crippen molar-refractivity contribution in [3.05, 3.63) is 59.4 Å². The van der Waals surface area contributed by atoms with Crippen LogP contribution in [-0.2, 0) is 0 Å². The van der Waals surface area contributed by atoms with Crippen LogP contribution in [0.3, 0.4) is 0 Å². The Morgan fingerprint density at radius 1 is 1.20 bits per heavy atom. The van der Waals surface area contributed by atoms with Crippen molar-refractivity contribution in [3.8, 4) is 0 Å². The molecule has 0 aliphatic carbocycles. The van der Waals surface area contributed by atoms with Crippen LogP contribution in [0.25, 0.3) is 11.0 Å². The first-order chi connectivity index (χ1) is 9.58. The number of imidazole rings is 1. The quantitative estimate of drug-likeness (QED) is 0.771. The number of hydrogen-bond donors (Lipinski definition) is 1. The summed E-state index contributed by atoms with van der Waals surface area (Å²) in [4.78, 5) is 4.37. The second-order valence-electron chi connectivity index (χ2n) is 5.03. The highest BCUT2D eigenvalue weighted by Gasteiger charge is 2.18. The van der Waals surface area contributed by atoms with Gasteiger partial charge in [-0.2, -0.15) is 0 Å². The van der Waals surface area contributed by atoms with Crippen LogP contribution in [0.2, 0.25) is 0 Å². The number of benzene rings is 2. The van der Waals surface area contributed by atoms with Crippen molar-refractivity contribution in [1.29, 1.82) is 0 Å². The summed E-state index contributed by atoms with van der Waals surface area (Å²) in [7, 11) is 0. The van der Waals surface area contributed by atoms with E-state index in [9.17, 15) is 4.39 Å². The van der Waals surface area contributed by atoms with E-state index < -0.39 is 0 Å². The lowest BCUT2D eigenvalue weighted by Gasteiger charge is -2.17. The molecule has 0 bridgehead atoms. The Hall–Kier alpha value is -2.36. The Morgan fingerprint density at radius 3 is 2.70 bits per heavy atom. The first-order valence-electron chi connectivity index (χ1n) is 6.56. The topological polar surface area (TPSA) is 43.8 Å². The molecule has 1 atom stereocenters. The predicted molar refractivity (Wildman–Crippen MR) is 79.1 cm³/mol. The summed E-state index contributed by atoms with van der Waals surface area (Å²) >= 11 is 0. The van der Waals surface area contributed by atoms with Gasteiger partial charge in [-0.1, -0.05) is 24.3 Å². The molecule has 1 aromatic heterocycles. The average Bonchev–Trinajstić information content (AvgIpc) is 2.73. The molecule has 0 spiro atoms. The molecular formula is C16H16FN3. The van der Waals surface area contributed by atoms with Crippen molar-refractivity contribution < 1.29 is 4.39 Å². The Balaban J connectivity index is 2.19. The lowest BCUT2D eigenvalue weighted by atomic mass is 10.1. The fourth-order valence-electron chi connectivity index (χ4n) is 2.59. The molecule has 0 amide bonds. The number of halogens is 1. The minimum atomic E-state index is -0.228. The van der Waals surface area contributed by atoms with Gasteiger partial charge in [0.25, 0.3) is 0 Å². The number of nitrogens with zero attached hydrogens (tertiary/aromatic N) is 2. The van der Waals surface area contributed by atoms with Gasteiger partial charge in [-0.05, 0) is 37.6 Å². The predicted octanol–water partition coefficient (Wildman–Crippen LogP) is 3.68. The van der Waals surface area contributed by atoms with Gasteiger partial charge in [0, 0.05) is 5.56 Å². The molecular weight excluding hydrogens is 253 g/mol. The third-order valence-corrected chi connectivity index (χ3v) is 3.61. The van der Waals surface area contributed by atoms with Crippen molar-refractivity contribution in [2.75, 3.05) is 5.73 Å². The number of anilines is 1. The summed E-state index contributed by atoms with van der Waals surface area (Å²) in [6.07, 6.45) is 0. The van der Waals surface area contributed by atoms with Crippen molar-refractivity contribution in [3.63, 3.8) is 0 Å². The summed E-state index contributed by atoms with van der Waals surface area (Å²) in [6.45, 7) is 3.94. The maximum atomic E-state index is 14.0. The zero-order valence-corrected chi connectivity index (χ0v) is 11.5. The van der Waals surface area contributed by atoms with Crippen molar-refractivity contribution >= 4 is 17.0 Å². The zero-order chi connectivity index (χ0) is 14.3. The van der Waals surface area contributed by atoms with E-state index in [0.29, 0.717) is 11.5 Å². The fourth-order valence-corrected chi connectivity index (χ4v) is 2.59. The molecule has 3 aromatic rings. The Kier molecular flexibility index (Phi) is 2.93. The monoisotopic (exact) mass is 269 g/mol. The SMILES string of the molecule is Cc1ccc2c(c1)nc(N)n2C(C)c1ccccc1F. The molecule has 4 heteroatoms. The number of nitrogen functional groups attached to an aromatic ring is 1. The number of rotatable bonds is 2. The van der Waals surface area contributed by atoms with Crippen LogP contribution in [0.4, 0.5) is 10.3 Å². The second-order valence-corrected chi connectivity index (χ2v) is 5.03. The zero-order valence-electron chi connectivity index (χ0n) is 11.5. The molecule has 0 radical (unpaired) electrons. The molecule has 0 saturated carbocycles. The first kappa shape index (κ1) is 12.7. The van der Waals surface area contributed by atoms with Crippen LogP contribution < -0.4 is 5.73 Å². The highest BCUT2D eigenvalue weighted by atomic mass is 19.1. The largest absolute Gasteiger partial charge is 0.369 e. The Morgan fingerprint density at radius 2 is 1.95 bits per heavy atom. The standard InChI is InChI=1S/C16H16FN3/c1-10-7-8-15-14(9-10)19-16(18)20(15)11(2)12-5-3-4-6-13(12)17/h3-9,11H,1-2H3,(H2,18,19). The van der Waals surface area contributed by atoms with E-state index in [1.807, 2.05) is 42.7 Å². The van der Waals surface area contributed by atoms with Crippen LogP contribution in [0.5, 0.6) is 0 Å². The molecule has 2 aromatic carbocycles. The molecule has 102 valence electrons. The van der Waals surface area contributed by atoms with E-state index >= 15 is 0 Å². The van der Waals surface area contributed by atoms with Gasteiger partial charge in [0.05, 0.1) is 17.1 Å².